The largest absolute Gasteiger partial charge is 0.396 e. The molecule has 0 heterocycles. The smallest absolute Gasteiger partial charge is 0.0704 e. The van der Waals surface area contributed by atoms with Crippen LogP contribution in [0.25, 0.3) is 0 Å². The fraction of sp³-hybridized carbons (Fsp3) is 0.833. The molecule has 0 radical (unpaired) electrons. The van der Waals surface area contributed by atoms with Gasteiger partial charge in [0.25, 0.3) is 0 Å². The van der Waals surface area contributed by atoms with Crippen molar-refractivity contribution in [3.05, 3.63) is 12.7 Å². The van der Waals surface area contributed by atoms with Gasteiger partial charge in [-0.25, -0.2) is 0 Å². The van der Waals surface area contributed by atoms with Gasteiger partial charge in [-0.1, -0.05) is 35.8 Å². The Labute approximate surface area is 97.1 Å². The minimum absolute atomic E-state index is 0. The molecule has 0 atom stereocenters. The van der Waals surface area contributed by atoms with Gasteiger partial charge in [0, 0.05) is 13.2 Å². The Morgan fingerprint density at radius 1 is 0.933 bits per heavy atom. The van der Waals surface area contributed by atoms with Crippen LogP contribution in [0.5, 0.6) is 0 Å². The lowest BCUT2D eigenvalue weighted by Crippen LogP contribution is -2.05. The Hall–Kier alpha value is -0.380. The van der Waals surface area contributed by atoms with E-state index in [1.54, 1.807) is 6.08 Å². The zero-order valence-corrected chi connectivity index (χ0v) is 6.79. The van der Waals surface area contributed by atoms with Crippen LogP contribution in [0.3, 0.4) is 0 Å². The second-order valence-electron chi connectivity index (χ2n) is 2.05. The first kappa shape index (κ1) is 29.3. The standard InChI is InChI=1S/C8H16O3.4CH4/c1-2-5-10-7-8-11-6-3-4-9;;;;/h2,9H,1,3-8H2;4*1H4. The van der Waals surface area contributed by atoms with Crippen molar-refractivity contribution in [1.82, 2.24) is 0 Å². The van der Waals surface area contributed by atoms with E-state index in [1.165, 1.54) is 0 Å². The van der Waals surface area contributed by atoms with Crippen LogP contribution in [0.15, 0.2) is 12.7 Å². The molecule has 0 saturated heterocycles. The molecule has 15 heavy (non-hydrogen) atoms. The van der Waals surface area contributed by atoms with Gasteiger partial charge in [-0.3, -0.25) is 0 Å². The van der Waals surface area contributed by atoms with E-state index in [2.05, 4.69) is 6.58 Å². The van der Waals surface area contributed by atoms with E-state index in [-0.39, 0.29) is 36.3 Å². The summed E-state index contributed by atoms with van der Waals surface area (Å²) in [5.74, 6) is 0. The lowest BCUT2D eigenvalue weighted by molar-refractivity contribution is 0.0523. The molecule has 0 aliphatic carbocycles. The molecule has 0 bridgehead atoms. The minimum atomic E-state index is 0. The van der Waals surface area contributed by atoms with Crippen molar-refractivity contribution in [1.29, 1.82) is 0 Å². The summed E-state index contributed by atoms with van der Waals surface area (Å²) < 4.78 is 10.2. The van der Waals surface area contributed by atoms with Crippen LogP contribution in [0, 0.1) is 0 Å². The third-order valence-electron chi connectivity index (χ3n) is 1.05. The average Bonchev–Trinajstić information content (AvgIpc) is 2.03. The zero-order valence-electron chi connectivity index (χ0n) is 6.79. The van der Waals surface area contributed by atoms with Crippen LogP contribution < -0.4 is 0 Å². The van der Waals surface area contributed by atoms with Gasteiger partial charge < -0.3 is 14.6 Å². The molecule has 98 valence electrons. The molecular formula is C12H32O3. The number of ether oxygens (including phenoxy) is 2. The third kappa shape index (κ3) is 31.7. The monoisotopic (exact) mass is 224 g/mol. The summed E-state index contributed by atoms with van der Waals surface area (Å²) in [4.78, 5) is 0. The highest BCUT2D eigenvalue weighted by molar-refractivity contribution is 4.63. The molecular weight excluding hydrogens is 192 g/mol. The topological polar surface area (TPSA) is 38.7 Å². The lowest BCUT2D eigenvalue weighted by Gasteiger charge is -2.02. The van der Waals surface area contributed by atoms with Crippen molar-refractivity contribution in [2.75, 3.05) is 33.0 Å². The Bertz CT molecular complexity index is 84.9. The highest BCUT2D eigenvalue weighted by Crippen LogP contribution is 1.82. The summed E-state index contributed by atoms with van der Waals surface area (Å²) in [6.45, 7) is 6.06. The van der Waals surface area contributed by atoms with Crippen molar-refractivity contribution in [3.63, 3.8) is 0 Å². The summed E-state index contributed by atoms with van der Waals surface area (Å²) in [6, 6.07) is 0. The highest BCUT2D eigenvalue weighted by atomic mass is 16.5. The number of rotatable bonds is 8. The second kappa shape index (κ2) is 29.2. The van der Waals surface area contributed by atoms with Gasteiger partial charge in [0.05, 0.1) is 19.8 Å². The van der Waals surface area contributed by atoms with Crippen LogP contribution in [-0.2, 0) is 9.47 Å². The van der Waals surface area contributed by atoms with Crippen molar-refractivity contribution >= 4 is 0 Å². The number of hydrogen-bond donors (Lipinski definition) is 1. The zero-order chi connectivity index (χ0) is 8.36. The normalized spacial score (nSPS) is 7.27. The van der Waals surface area contributed by atoms with E-state index in [0.29, 0.717) is 32.8 Å². The van der Waals surface area contributed by atoms with Crippen LogP contribution in [-0.4, -0.2) is 38.1 Å². The van der Waals surface area contributed by atoms with E-state index in [9.17, 15) is 0 Å². The molecule has 0 amide bonds. The fourth-order valence-electron chi connectivity index (χ4n) is 0.553. The first-order chi connectivity index (χ1) is 5.41. The molecule has 1 N–H and O–H groups in total. The predicted molar refractivity (Wildman–Crippen MR) is 70.5 cm³/mol. The van der Waals surface area contributed by atoms with Crippen molar-refractivity contribution in [2.24, 2.45) is 0 Å². The highest BCUT2D eigenvalue weighted by Gasteiger charge is 1.87. The molecule has 0 unspecified atom stereocenters. The first-order valence-electron chi connectivity index (χ1n) is 3.79. The number of aliphatic hydroxyl groups is 1. The summed E-state index contributed by atoms with van der Waals surface area (Å²) in [5.41, 5.74) is 0. The van der Waals surface area contributed by atoms with Crippen LogP contribution in [0.4, 0.5) is 0 Å². The number of aliphatic hydroxyl groups excluding tert-OH is 1. The summed E-state index contributed by atoms with van der Waals surface area (Å²) in [6.07, 6.45) is 2.40. The minimum Gasteiger partial charge on any atom is -0.396 e. The lowest BCUT2D eigenvalue weighted by atomic mass is 10.5. The van der Waals surface area contributed by atoms with Crippen molar-refractivity contribution in [3.8, 4) is 0 Å². The van der Waals surface area contributed by atoms with E-state index in [1.807, 2.05) is 0 Å². The maximum absolute atomic E-state index is 8.38. The molecule has 0 aromatic carbocycles. The van der Waals surface area contributed by atoms with Crippen LogP contribution >= 0.6 is 0 Å². The van der Waals surface area contributed by atoms with Gasteiger partial charge >= 0.3 is 0 Å². The van der Waals surface area contributed by atoms with Gasteiger partial charge in [-0.05, 0) is 6.42 Å². The summed E-state index contributed by atoms with van der Waals surface area (Å²) >= 11 is 0. The summed E-state index contributed by atoms with van der Waals surface area (Å²) in [5, 5.41) is 8.38. The first-order valence-corrected chi connectivity index (χ1v) is 3.79. The van der Waals surface area contributed by atoms with Crippen molar-refractivity contribution in [2.45, 2.75) is 36.1 Å². The SMILES string of the molecule is C.C.C.C.C=CCOCCOCCCO. The molecule has 0 aliphatic heterocycles. The molecule has 0 saturated carbocycles. The van der Waals surface area contributed by atoms with Gasteiger partial charge in [-0.15, -0.1) is 6.58 Å². The average molecular weight is 224 g/mol. The van der Waals surface area contributed by atoms with Gasteiger partial charge in [0.1, 0.15) is 0 Å². The quantitative estimate of drug-likeness (QED) is 0.508. The van der Waals surface area contributed by atoms with E-state index >= 15 is 0 Å². The molecule has 0 fully saturated rings. The van der Waals surface area contributed by atoms with Gasteiger partial charge in [-0.2, -0.15) is 0 Å². The predicted octanol–water partition coefficient (Wildman–Crippen LogP) is 3.13. The van der Waals surface area contributed by atoms with Crippen LogP contribution in [0.2, 0.25) is 0 Å². The Morgan fingerprint density at radius 2 is 1.47 bits per heavy atom. The van der Waals surface area contributed by atoms with Crippen LogP contribution in [0.1, 0.15) is 36.1 Å². The molecule has 3 nitrogen and oxygen atoms in total. The van der Waals surface area contributed by atoms with E-state index in [0.717, 1.165) is 0 Å². The maximum atomic E-state index is 8.38. The Kier molecular flexibility index (Phi) is 57.0. The molecule has 0 aromatic rings. The van der Waals surface area contributed by atoms with Crippen molar-refractivity contribution < 1.29 is 14.6 Å². The molecule has 0 rings (SSSR count). The second-order valence-corrected chi connectivity index (χ2v) is 2.05. The fourth-order valence-corrected chi connectivity index (χ4v) is 0.553. The Morgan fingerprint density at radius 3 is 1.93 bits per heavy atom. The van der Waals surface area contributed by atoms with Gasteiger partial charge in [0.15, 0.2) is 0 Å². The van der Waals surface area contributed by atoms with E-state index in [4.69, 9.17) is 14.6 Å². The number of hydrogen-bond acceptors (Lipinski definition) is 3. The maximum Gasteiger partial charge on any atom is 0.0704 e. The molecule has 0 aromatic heterocycles. The van der Waals surface area contributed by atoms with E-state index < -0.39 is 0 Å². The molecule has 0 spiro atoms. The molecule has 3 heteroatoms. The third-order valence-corrected chi connectivity index (χ3v) is 1.05. The Balaban J connectivity index is -0.0000000833. The van der Waals surface area contributed by atoms with Gasteiger partial charge in [0.2, 0.25) is 0 Å². The summed E-state index contributed by atoms with van der Waals surface area (Å²) in [7, 11) is 0. The molecule has 0 aliphatic rings.